The van der Waals surface area contributed by atoms with Gasteiger partial charge < -0.3 is 0 Å². The van der Waals surface area contributed by atoms with E-state index in [2.05, 4.69) is 0 Å². The minimum Gasteiger partial charge on any atom is -0.228 e. The maximum absolute atomic E-state index is 13.6. The van der Waals surface area contributed by atoms with E-state index in [9.17, 15) is 26.0 Å². The average molecular weight is 320 g/mol. The molecule has 0 aliphatic carbocycles. The smallest absolute Gasteiger partial charge is 0.228 e. The summed E-state index contributed by atoms with van der Waals surface area (Å²) in [7, 11) is -3.28. The van der Waals surface area contributed by atoms with Crippen molar-refractivity contribution in [1.29, 1.82) is 0 Å². The van der Waals surface area contributed by atoms with Gasteiger partial charge in [0.25, 0.3) is 0 Å². The Bertz CT molecular complexity index is 719. The highest BCUT2D eigenvalue weighted by Gasteiger charge is 2.45. The Morgan fingerprint density at radius 3 is 2.48 bits per heavy atom. The van der Waals surface area contributed by atoms with Crippen molar-refractivity contribution in [3.05, 3.63) is 41.2 Å². The Morgan fingerprint density at radius 1 is 1.14 bits per heavy atom. The second-order valence-corrected chi connectivity index (χ2v) is 7.83. The second-order valence-electron chi connectivity index (χ2n) is 5.38. The summed E-state index contributed by atoms with van der Waals surface area (Å²) in [5, 5.41) is -1.39. The van der Waals surface area contributed by atoms with E-state index in [1.807, 2.05) is 0 Å². The third-order valence-electron chi connectivity index (χ3n) is 4.14. The lowest BCUT2D eigenvalue weighted by molar-refractivity contribution is -0.140. The number of fused-ring (bicyclic) bond motifs is 2. The van der Waals surface area contributed by atoms with Crippen molar-refractivity contribution < 1.29 is 26.0 Å². The molecule has 2 nitrogen and oxygen atoms in total. The van der Waals surface area contributed by atoms with Gasteiger partial charge in [-0.05, 0) is 36.5 Å². The van der Waals surface area contributed by atoms with Crippen LogP contribution in [0.2, 0.25) is 0 Å². The van der Waals surface area contributed by atoms with E-state index in [0.717, 1.165) is 6.07 Å². The molecule has 2 heterocycles. The molecule has 3 rings (SSSR count). The van der Waals surface area contributed by atoms with Crippen LogP contribution in [0.5, 0.6) is 0 Å². The molecule has 1 fully saturated rings. The molecular weight excluding hydrogens is 308 g/mol. The number of alkyl halides is 3. The molecule has 0 amide bonds. The van der Waals surface area contributed by atoms with Gasteiger partial charge in [-0.3, -0.25) is 0 Å². The van der Waals surface area contributed by atoms with E-state index in [1.54, 1.807) is 0 Å². The average Bonchev–Trinajstić information content (AvgIpc) is 2.56. The Balaban J connectivity index is 2.14. The van der Waals surface area contributed by atoms with Crippen LogP contribution in [0.25, 0.3) is 5.57 Å². The molecule has 1 aromatic carbocycles. The lowest BCUT2D eigenvalue weighted by Crippen LogP contribution is -2.27. The molecule has 2 bridgehead atoms. The molecule has 2 aliphatic rings. The molecule has 0 aromatic heterocycles. The standard InChI is InChI=1S/C14H12F4O2S/c15-12-3-1-2-11(13(12)14(16,17)18)8-6-9-4-5-10(7-8)21(9,19)20/h1-3,6,9-10H,4-5,7H2. The molecule has 1 saturated heterocycles. The van der Waals surface area contributed by atoms with Gasteiger partial charge in [0.1, 0.15) is 5.82 Å². The Hall–Kier alpha value is -1.37. The van der Waals surface area contributed by atoms with Crippen LogP contribution in [-0.4, -0.2) is 18.9 Å². The molecule has 2 atom stereocenters. The van der Waals surface area contributed by atoms with Crippen molar-refractivity contribution in [3.8, 4) is 0 Å². The minimum absolute atomic E-state index is 0.0192. The maximum Gasteiger partial charge on any atom is 0.419 e. The zero-order valence-corrected chi connectivity index (χ0v) is 11.6. The van der Waals surface area contributed by atoms with E-state index in [1.165, 1.54) is 18.2 Å². The molecule has 0 saturated carbocycles. The first-order valence-electron chi connectivity index (χ1n) is 6.50. The van der Waals surface area contributed by atoms with E-state index in [0.29, 0.717) is 12.8 Å². The summed E-state index contributed by atoms with van der Waals surface area (Å²) in [6, 6.07) is 3.18. The minimum atomic E-state index is -4.81. The molecular formula is C14H12F4O2S. The third kappa shape index (κ3) is 2.27. The Morgan fingerprint density at radius 2 is 1.86 bits per heavy atom. The number of halogens is 4. The van der Waals surface area contributed by atoms with Crippen molar-refractivity contribution >= 4 is 15.4 Å². The number of rotatable bonds is 1. The van der Waals surface area contributed by atoms with Crippen molar-refractivity contribution in [2.45, 2.75) is 35.9 Å². The number of hydrogen-bond acceptors (Lipinski definition) is 2. The zero-order valence-electron chi connectivity index (χ0n) is 10.8. The molecule has 114 valence electrons. The van der Waals surface area contributed by atoms with Crippen LogP contribution in [0.4, 0.5) is 17.6 Å². The van der Waals surface area contributed by atoms with Gasteiger partial charge in [0, 0.05) is 0 Å². The van der Waals surface area contributed by atoms with Gasteiger partial charge in [-0.15, -0.1) is 0 Å². The summed E-state index contributed by atoms with van der Waals surface area (Å²) >= 11 is 0. The fourth-order valence-electron chi connectivity index (χ4n) is 3.14. The molecule has 2 aliphatic heterocycles. The molecule has 0 radical (unpaired) electrons. The van der Waals surface area contributed by atoms with Gasteiger partial charge in [-0.1, -0.05) is 18.2 Å². The largest absolute Gasteiger partial charge is 0.419 e. The summed E-state index contributed by atoms with van der Waals surface area (Å²) < 4.78 is 76.6. The monoisotopic (exact) mass is 320 g/mol. The van der Waals surface area contributed by atoms with Gasteiger partial charge in [0.2, 0.25) is 0 Å². The van der Waals surface area contributed by atoms with Crippen LogP contribution in [0, 0.1) is 5.82 Å². The lowest BCUT2D eigenvalue weighted by atomic mass is 9.95. The third-order valence-corrected chi connectivity index (χ3v) is 6.68. The molecule has 21 heavy (non-hydrogen) atoms. The first-order chi connectivity index (χ1) is 9.71. The fraction of sp³-hybridized carbons (Fsp3) is 0.429. The maximum atomic E-state index is 13.6. The summed E-state index contributed by atoms with van der Waals surface area (Å²) in [5.41, 5.74) is -1.27. The van der Waals surface area contributed by atoms with Gasteiger partial charge >= 0.3 is 6.18 Å². The van der Waals surface area contributed by atoms with Crippen molar-refractivity contribution in [2.75, 3.05) is 0 Å². The van der Waals surface area contributed by atoms with Crippen molar-refractivity contribution in [3.63, 3.8) is 0 Å². The summed E-state index contributed by atoms with van der Waals surface area (Å²) in [5.74, 6) is -1.33. The fourth-order valence-corrected chi connectivity index (χ4v) is 5.33. The Kier molecular flexibility index (Phi) is 3.16. The van der Waals surface area contributed by atoms with Crippen LogP contribution in [-0.2, 0) is 16.0 Å². The highest BCUT2D eigenvalue weighted by molar-refractivity contribution is 7.93. The van der Waals surface area contributed by atoms with Crippen LogP contribution in [0.15, 0.2) is 24.3 Å². The predicted octanol–water partition coefficient (Wildman–Crippen LogP) is 3.58. The van der Waals surface area contributed by atoms with Gasteiger partial charge in [0.15, 0.2) is 9.84 Å². The number of hydrogen-bond donors (Lipinski definition) is 0. The van der Waals surface area contributed by atoms with E-state index in [-0.39, 0.29) is 17.6 Å². The van der Waals surface area contributed by atoms with E-state index < -0.39 is 37.9 Å². The molecule has 0 spiro atoms. The highest BCUT2D eigenvalue weighted by atomic mass is 32.2. The lowest BCUT2D eigenvalue weighted by Gasteiger charge is -2.23. The van der Waals surface area contributed by atoms with Crippen LogP contribution in [0.1, 0.15) is 30.4 Å². The van der Waals surface area contributed by atoms with Crippen molar-refractivity contribution in [1.82, 2.24) is 0 Å². The highest BCUT2D eigenvalue weighted by Crippen LogP contribution is 2.44. The summed E-state index contributed by atoms with van der Waals surface area (Å²) in [6.07, 6.45) is -2.55. The van der Waals surface area contributed by atoms with Crippen molar-refractivity contribution in [2.24, 2.45) is 0 Å². The normalized spacial score (nSPS) is 27.5. The quantitative estimate of drug-likeness (QED) is 0.741. The molecule has 0 N–H and O–H groups in total. The first kappa shape index (κ1) is 14.6. The summed E-state index contributed by atoms with van der Waals surface area (Å²) in [4.78, 5) is 0. The molecule has 2 unspecified atom stereocenters. The van der Waals surface area contributed by atoms with Gasteiger partial charge in [-0.2, -0.15) is 13.2 Å². The SMILES string of the molecule is O=S1(=O)C2C=C(c3cccc(F)c3C(F)(F)F)CC1CC2. The number of benzene rings is 1. The predicted molar refractivity (Wildman–Crippen MR) is 69.7 cm³/mol. The van der Waals surface area contributed by atoms with Crippen LogP contribution >= 0.6 is 0 Å². The van der Waals surface area contributed by atoms with Gasteiger partial charge in [-0.25, -0.2) is 12.8 Å². The topological polar surface area (TPSA) is 34.1 Å². The summed E-state index contributed by atoms with van der Waals surface area (Å²) in [6.45, 7) is 0. The molecule has 1 aromatic rings. The van der Waals surface area contributed by atoms with Crippen LogP contribution in [0.3, 0.4) is 0 Å². The molecule has 7 heteroatoms. The first-order valence-corrected chi connectivity index (χ1v) is 8.11. The number of sulfone groups is 1. The van der Waals surface area contributed by atoms with E-state index >= 15 is 0 Å². The van der Waals surface area contributed by atoms with Gasteiger partial charge in [0.05, 0.1) is 16.1 Å². The Labute approximate surface area is 119 Å². The van der Waals surface area contributed by atoms with Crippen LogP contribution < -0.4 is 0 Å². The zero-order chi connectivity index (χ0) is 15.4. The number of allylic oxidation sites excluding steroid dienone is 1. The van der Waals surface area contributed by atoms with E-state index in [4.69, 9.17) is 0 Å². The second kappa shape index (κ2) is 4.56.